The first kappa shape index (κ1) is 32.0. The number of aliphatic hydroxyl groups is 1. The van der Waals surface area contributed by atoms with Crippen molar-refractivity contribution in [2.45, 2.75) is 69.0 Å². The molecular weight excluding hydrogens is 610 g/mol. The third-order valence-corrected chi connectivity index (χ3v) is 9.82. The van der Waals surface area contributed by atoms with Gasteiger partial charge in [0.05, 0.1) is 41.4 Å². The molecule has 4 aliphatic rings. The van der Waals surface area contributed by atoms with E-state index in [1.54, 1.807) is 55.5 Å². The van der Waals surface area contributed by atoms with Gasteiger partial charge in [-0.2, -0.15) is 0 Å². The highest BCUT2D eigenvalue weighted by Crippen LogP contribution is 2.54. The molecule has 11 heteroatoms. The van der Waals surface area contributed by atoms with Gasteiger partial charge in [-0.25, -0.2) is 0 Å². The van der Waals surface area contributed by atoms with E-state index in [9.17, 15) is 24.3 Å². The van der Waals surface area contributed by atoms with Crippen LogP contribution in [0.1, 0.15) is 44.8 Å². The molecule has 0 radical (unpaired) electrons. The molecule has 46 heavy (non-hydrogen) atoms. The highest BCUT2D eigenvalue weighted by Gasteiger charge is 2.72. The van der Waals surface area contributed by atoms with Crippen molar-refractivity contribution in [1.29, 1.82) is 0 Å². The Kier molecular flexibility index (Phi) is 9.05. The average molecular weight is 648 g/mol. The molecule has 2 aromatic carbocycles. The molecule has 0 aliphatic carbocycles. The van der Waals surface area contributed by atoms with Gasteiger partial charge in [-0.1, -0.05) is 85.3 Å². The van der Waals surface area contributed by atoms with Crippen LogP contribution < -0.4 is 10.2 Å². The number of hydrogen-bond donors (Lipinski definition) is 2. The van der Waals surface area contributed by atoms with Crippen molar-refractivity contribution < 1.29 is 33.8 Å². The van der Waals surface area contributed by atoms with E-state index < -0.39 is 65.6 Å². The third-order valence-electron chi connectivity index (χ3n) is 9.50. The summed E-state index contributed by atoms with van der Waals surface area (Å²) in [5, 5.41) is 13.7. The van der Waals surface area contributed by atoms with Crippen LogP contribution in [0.15, 0.2) is 78.9 Å². The van der Waals surface area contributed by atoms with Crippen molar-refractivity contribution in [2.75, 3.05) is 18.1 Å². The molecule has 2 aromatic rings. The first-order valence-corrected chi connectivity index (χ1v) is 16.2. The number of ether oxygens (including phenoxy) is 2. The predicted octanol–water partition coefficient (Wildman–Crippen LogP) is 3.73. The SMILES string of the molecule is CC[C@@H](CO)N1C(=O)[C@@H]2[C@H]3C(=O)O[C@H](c4ccccc4)[C@@H](C)NC(=O)CC/C=C\[C@H]3O[C@@]23C=CCN(c2ccccc2Cl)C(=O)[C@@H]13. The van der Waals surface area contributed by atoms with Crippen LogP contribution in [0.25, 0.3) is 0 Å². The van der Waals surface area contributed by atoms with Crippen molar-refractivity contribution in [2.24, 2.45) is 11.8 Å². The fourth-order valence-electron chi connectivity index (χ4n) is 7.34. The Balaban J connectivity index is 1.47. The number of rotatable bonds is 5. The van der Waals surface area contributed by atoms with Crippen molar-refractivity contribution in [3.8, 4) is 0 Å². The molecule has 4 aliphatic heterocycles. The van der Waals surface area contributed by atoms with Gasteiger partial charge in [0.15, 0.2) is 0 Å². The van der Waals surface area contributed by atoms with Crippen LogP contribution >= 0.6 is 11.6 Å². The van der Waals surface area contributed by atoms with Gasteiger partial charge in [0, 0.05) is 13.0 Å². The topological polar surface area (TPSA) is 125 Å². The number of cyclic esters (lactones) is 1. The average Bonchev–Trinajstić information content (AvgIpc) is 3.44. The Morgan fingerprint density at radius 3 is 2.50 bits per heavy atom. The van der Waals surface area contributed by atoms with E-state index in [0.717, 1.165) is 0 Å². The maximum atomic E-state index is 14.6. The number of amides is 3. The van der Waals surface area contributed by atoms with Crippen LogP contribution in [0.3, 0.4) is 0 Å². The summed E-state index contributed by atoms with van der Waals surface area (Å²) in [6.45, 7) is 3.38. The van der Waals surface area contributed by atoms with Crippen molar-refractivity contribution in [1.82, 2.24) is 10.2 Å². The molecule has 10 nitrogen and oxygen atoms in total. The molecule has 242 valence electrons. The summed E-state index contributed by atoms with van der Waals surface area (Å²) in [4.78, 5) is 59.3. The minimum Gasteiger partial charge on any atom is -0.455 e. The van der Waals surface area contributed by atoms with Crippen molar-refractivity contribution in [3.63, 3.8) is 0 Å². The second-order valence-electron chi connectivity index (χ2n) is 12.2. The summed E-state index contributed by atoms with van der Waals surface area (Å²) in [5.41, 5.74) is -0.373. The van der Waals surface area contributed by atoms with E-state index >= 15 is 0 Å². The van der Waals surface area contributed by atoms with E-state index in [0.29, 0.717) is 29.1 Å². The smallest absolute Gasteiger partial charge is 0.313 e. The Morgan fingerprint density at radius 1 is 1.04 bits per heavy atom. The number of nitrogens with zero attached hydrogens (tertiary/aromatic N) is 2. The molecule has 2 fully saturated rings. The molecular formula is C35H38ClN3O7. The molecule has 3 amide bonds. The first-order chi connectivity index (χ1) is 22.2. The number of esters is 1. The molecule has 0 saturated carbocycles. The van der Waals surface area contributed by atoms with Crippen LogP contribution in [-0.4, -0.2) is 76.7 Å². The van der Waals surface area contributed by atoms with E-state index in [4.69, 9.17) is 21.1 Å². The molecule has 0 bridgehead atoms. The summed E-state index contributed by atoms with van der Waals surface area (Å²) in [5.74, 6) is -3.98. The number of fused-ring (bicyclic) bond motifs is 2. The molecule has 0 aromatic heterocycles. The summed E-state index contributed by atoms with van der Waals surface area (Å²) < 4.78 is 13.0. The lowest BCUT2D eigenvalue weighted by molar-refractivity contribution is -0.161. The van der Waals surface area contributed by atoms with E-state index in [-0.39, 0.29) is 25.5 Å². The summed E-state index contributed by atoms with van der Waals surface area (Å²) >= 11 is 6.54. The number of halogens is 1. The zero-order valence-corrected chi connectivity index (χ0v) is 26.5. The van der Waals surface area contributed by atoms with Gasteiger partial charge in [0.1, 0.15) is 23.7 Å². The molecule has 6 rings (SSSR count). The highest BCUT2D eigenvalue weighted by atomic mass is 35.5. The van der Waals surface area contributed by atoms with Gasteiger partial charge in [-0.15, -0.1) is 0 Å². The van der Waals surface area contributed by atoms with E-state index in [1.165, 1.54) is 9.80 Å². The third kappa shape index (κ3) is 5.42. The zero-order chi connectivity index (χ0) is 32.6. The van der Waals surface area contributed by atoms with Crippen LogP contribution in [0.2, 0.25) is 5.02 Å². The van der Waals surface area contributed by atoms with E-state index in [2.05, 4.69) is 5.32 Å². The Labute approximate surface area is 273 Å². The zero-order valence-electron chi connectivity index (χ0n) is 25.8. The standard InChI is InChI=1S/C35H38ClN3O7/c1-3-23(20-40)39-31-33(43)38(25-15-8-7-14-24(25)36)19-11-18-35(31)29(32(39)42)28-26(46-35)16-9-10-17-27(41)37-21(2)30(45-34(28)44)22-12-5-4-6-13-22/h4-9,11-16,18,21,23,26,28-31,40H,3,10,17,19-20H2,1-2H3,(H,37,41)/b16-9-/t21-,23+,26-,28+,29+,30+,31-,35+/m1/s1. The highest BCUT2D eigenvalue weighted by molar-refractivity contribution is 6.34. The lowest BCUT2D eigenvalue weighted by Gasteiger charge is -2.38. The minimum atomic E-state index is -1.53. The number of hydrogen-bond acceptors (Lipinski definition) is 7. The fraction of sp³-hybridized carbons (Fsp3) is 0.429. The number of carbonyl (C=O) groups is 4. The molecule has 4 heterocycles. The fourth-order valence-corrected chi connectivity index (χ4v) is 7.58. The number of benzene rings is 2. The normalized spacial score (nSPS) is 32.7. The molecule has 2 N–H and O–H groups in total. The van der Waals surface area contributed by atoms with Crippen LogP contribution in [0.4, 0.5) is 5.69 Å². The molecule has 0 unspecified atom stereocenters. The number of allylic oxidation sites excluding steroid dienone is 1. The predicted molar refractivity (Wildman–Crippen MR) is 171 cm³/mol. The van der Waals surface area contributed by atoms with Crippen molar-refractivity contribution >= 4 is 41.0 Å². The first-order valence-electron chi connectivity index (χ1n) is 15.8. The van der Waals surface area contributed by atoms with Gasteiger partial charge in [0.2, 0.25) is 11.8 Å². The number of aliphatic hydroxyl groups excluding tert-OH is 1. The summed E-state index contributed by atoms with van der Waals surface area (Å²) in [6.07, 6.45) is 6.16. The summed E-state index contributed by atoms with van der Waals surface area (Å²) in [6, 6.07) is 13.6. The van der Waals surface area contributed by atoms with Gasteiger partial charge in [-0.05, 0) is 37.5 Å². The number of carbonyl (C=O) groups excluding carboxylic acids is 4. The largest absolute Gasteiger partial charge is 0.455 e. The Bertz CT molecular complexity index is 1560. The number of para-hydroxylation sites is 1. The van der Waals surface area contributed by atoms with Crippen LogP contribution in [0.5, 0.6) is 0 Å². The number of likely N-dealkylation sites (tertiary alicyclic amines) is 1. The second kappa shape index (κ2) is 13.0. The molecule has 8 atom stereocenters. The Hall–Kier alpha value is -3.99. The second-order valence-corrected chi connectivity index (χ2v) is 12.6. The van der Waals surface area contributed by atoms with Crippen molar-refractivity contribution in [3.05, 3.63) is 89.5 Å². The van der Waals surface area contributed by atoms with Gasteiger partial charge in [0.25, 0.3) is 5.91 Å². The van der Waals surface area contributed by atoms with E-state index in [1.807, 2.05) is 37.3 Å². The lowest BCUT2D eigenvalue weighted by Crippen LogP contribution is -2.58. The lowest BCUT2D eigenvalue weighted by atomic mass is 9.77. The van der Waals surface area contributed by atoms with Gasteiger partial charge >= 0.3 is 5.97 Å². The Morgan fingerprint density at radius 2 is 1.78 bits per heavy atom. The maximum absolute atomic E-state index is 14.6. The quantitative estimate of drug-likeness (QED) is 0.374. The number of anilines is 1. The monoisotopic (exact) mass is 647 g/mol. The van der Waals surface area contributed by atoms with Crippen LogP contribution in [-0.2, 0) is 28.7 Å². The molecule has 2 saturated heterocycles. The number of nitrogens with one attached hydrogen (secondary N) is 1. The molecule has 1 spiro atoms. The summed E-state index contributed by atoms with van der Waals surface area (Å²) in [7, 11) is 0. The maximum Gasteiger partial charge on any atom is 0.313 e. The van der Waals surface area contributed by atoms with Gasteiger partial charge in [-0.3, -0.25) is 19.2 Å². The van der Waals surface area contributed by atoms with Crippen LogP contribution in [0, 0.1) is 11.8 Å². The minimum absolute atomic E-state index is 0.159. The van der Waals surface area contributed by atoms with Gasteiger partial charge < -0.3 is 29.7 Å².